The Hall–Kier alpha value is -2.04. The van der Waals surface area contributed by atoms with Crippen molar-refractivity contribution < 1.29 is 14.7 Å². The first-order valence-corrected chi connectivity index (χ1v) is 6.96. The summed E-state index contributed by atoms with van der Waals surface area (Å²) in [6.07, 6.45) is 2.06. The highest BCUT2D eigenvalue weighted by Crippen LogP contribution is 2.40. The van der Waals surface area contributed by atoms with Crippen molar-refractivity contribution in [3.8, 4) is 0 Å². The van der Waals surface area contributed by atoms with Gasteiger partial charge in [-0.25, -0.2) is 9.59 Å². The summed E-state index contributed by atoms with van der Waals surface area (Å²) in [5.74, 6) is -0.645. The molecule has 2 amide bonds. The second kappa shape index (κ2) is 6.41. The van der Waals surface area contributed by atoms with Gasteiger partial charge in [-0.05, 0) is 18.4 Å². The first-order valence-electron chi connectivity index (χ1n) is 6.96. The van der Waals surface area contributed by atoms with Crippen LogP contribution < -0.4 is 10.6 Å². The van der Waals surface area contributed by atoms with E-state index < -0.39 is 18.0 Å². The predicted molar refractivity (Wildman–Crippen MR) is 75.6 cm³/mol. The number of carbonyl (C=O) groups excluding carboxylic acids is 1. The smallest absolute Gasteiger partial charge is 0.326 e. The van der Waals surface area contributed by atoms with Crippen LogP contribution in [0.15, 0.2) is 30.3 Å². The van der Waals surface area contributed by atoms with E-state index in [1.165, 1.54) is 5.56 Å². The van der Waals surface area contributed by atoms with Crippen molar-refractivity contribution in [1.29, 1.82) is 0 Å². The van der Waals surface area contributed by atoms with Crippen LogP contribution in [-0.4, -0.2) is 29.2 Å². The Balaban J connectivity index is 1.80. The number of carbonyl (C=O) groups is 2. The lowest BCUT2D eigenvalue weighted by Gasteiger charge is -2.14. The Bertz CT molecular complexity index is 475. The fourth-order valence-corrected chi connectivity index (χ4v) is 2.34. The molecule has 1 fully saturated rings. The van der Waals surface area contributed by atoms with Crippen LogP contribution in [0.4, 0.5) is 4.79 Å². The van der Waals surface area contributed by atoms with Crippen molar-refractivity contribution >= 4 is 12.0 Å². The average Bonchev–Trinajstić information content (AvgIpc) is 3.18. The van der Waals surface area contributed by atoms with E-state index in [1.807, 2.05) is 37.3 Å². The minimum Gasteiger partial charge on any atom is -0.480 e. The predicted octanol–water partition coefficient (Wildman–Crippen LogP) is 2.09. The van der Waals surface area contributed by atoms with Crippen molar-refractivity contribution in [1.82, 2.24) is 10.6 Å². The highest BCUT2D eigenvalue weighted by Gasteiger charge is 2.39. The molecule has 0 heterocycles. The number of rotatable bonds is 6. The summed E-state index contributed by atoms with van der Waals surface area (Å²) in [4.78, 5) is 22.7. The van der Waals surface area contributed by atoms with E-state index in [9.17, 15) is 9.59 Å². The molecule has 0 radical (unpaired) electrons. The first-order chi connectivity index (χ1) is 9.61. The SMILES string of the molecule is CCCC(NC(=O)NC1CC1c1ccccc1)C(=O)O. The molecule has 0 bridgehead atoms. The van der Waals surface area contributed by atoms with E-state index in [2.05, 4.69) is 10.6 Å². The van der Waals surface area contributed by atoms with Gasteiger partial charge in [0.2, 0.25) is 0 Å². The van der Waals surface area contributed by atoms with E-state index in [4.69, 9.17) is 5.11 Å². The molecule has 20 heavy (non-hydrogen) atoms. The van der Waals surface area contributed by atoms with Crippen LogP contribution in [0.1, 0.15) is 37.7 Å². The van der Waals surface area contributed by atoms with Crippen molar-refractivity contribution in [2.75, 3.05) is 0 Å². The maximum Gasteiger partial charge on any atom is 0.326 e. The molecular weight excluding hydrogens is 256 g/mol. The number of urea groups is 1. The van der Waals surface area contributed by atoms with Crippen LogP contribution in [-0.2, 0) is 4.79 Å². The van der Waals surface area contributed by atoms with Crippen molar-refractivity contribution in [2.24, 2.45) is 0 Å². The maximum absolute atomic E-state index is 11.8. The van der Waals surface area contributed by atoms with Crippen LogP contribution >= 0.6 is 0 Å². The topological polar surface area (TPSA) is 78.4 Å². The second-order valence-electron chi connectivity index (χ2n) is 5.16. The summed E-state index contributed by atoms with van der Waals surface area (Å²) in [6, 6.07) is 8.90. The molecule has 1 aliphatic carbocycles. The van der Waals surface area contributed by atoms with Gasteiger partial charge in [0.05, 0.1) is 0 Å². The zero-order valence-corrected chi connectivity index (χ0v) is 11.5. The molecule has 1 saturated carbocycles. The Labute approximate surface area is 118 Å². The maximum atomic E-state index is 11.8. The fraction of sp³-hybridized carbons (Fsp3) is 0.467. The molecule has 1 aromatic carbocycles. The van der Waals surface area contributed by atoms with E-state index in [0.29, 0.717) is 18.8 Å². The van der Waals surface area contributed by atoms with E-state index in [0.717, 1.165) is 6.42 Å². The molecule has 3 atom stereocenters. The molecule has 1 aromatic rings. The largest absolute Gasteiger partial charge is 0.480 e. The fourth-order valence-electron chi connectivity index (χ4n) is 2.34. The van der Waals surface area contributed by atoms with E-state index >= 15 is 0 Å². The number of hydrogen-bond donors (Lipinski definition) is 3. The summed E-state index contributed by atoms with van der Waals surface area (Å²) in [7, 11) is 0. The van der Waals surface area contributed by atoms with Gasteiger partial charge in [0, 0.05) is 12.0 Å². The number of amides is 2. The summed E-state index contributed by atoms with van der Waals surface area (Å²) in [5.41, 5.74) is 1.21. The molecule has 1 aliphatic rings. The van der Waals surface area contributed by atoms with Crippen LogP contribution in [0.5, 0.6) is 0 Å². The monoisotopic (exact) mass is 276 g/mol. The lowest BCUT2D eigenvalue weighted by Crippen LogP contribution is -2.46. The molecule has 0 saturated heterocycles. The van der Waals surface area contributed by atoms with Gasteiger partial charge in [0.25, 0.3) is 0 Å². The minimum atomic E-state index is -0.989. The molecule has 0 aromatic heterocycles. The Morgan fingerprint density at radius 1 is 1.35 bits per heavy atom. The van der Waals surface area contributed by atoms with Gasteiger partial charge in [-0.2, -0.15) is 0 Å². The van der Waals surface area contributed by atoms with Crippen LogP contribution in [0.25, 0.3) is 0 Å². The highest BCUT2D eigenvalue weighted by atomic mass is 16.4. The van der Waals surface area contributed by atoms with E-state index in [-0.39, 0.29) is 6.04 Å². The molecule has 108 valence electrons. The minimum absolute atomic E-state index is 0.105. The number of carboxylic acids is 1. The Kier molecular flexibility index (Phi) is 4.61. The molecule has 0 aliphatic heterocycles. The van der Waals surface area contributed by atoms with Gasteiger partial charge in [0.1, 0.15) is 6.04 Å². The lowest BCUT2D eigenvalue weighted by atomic mass is 10.1. The molecule has 0 spiro atoms. The third kappa shape index (κ3) is 3.73. The molecule has 5 nitrogen and oxygen atoms in total. The average molecular weight is 276 g/mol. The van der Waals surface area contributed by atoms with Crippen molar-refractivity contribution in [2.45, 2.75) is 44.2 Å². The normalized spacial score (nSPS) is 21.9. The molecular formula is C15H20N2O3. The van der Waals surface area contributed by atoms with Gasteiger partial charge in [-0.1, -0.05) is 43.7 Å². The van der Waals surface area contributed by atoms with Crippen LogP contribution in [0.3, 0.4) is 0 Å². The molecule has 5 heteroatoms. The van der Waals surface area contributed by atoms with Gasteiger partial charge in [-0.3, -0.25) is 0 Å². The number of aliphatic carboxylic acids is 1. The summed E-state index contributed by atoms with van der Waals surface area (Å²) in [5, 5.41) is 14.3. The number of carboxylic acid groups (broad SMARTS) is 1. The van der Waals surface area contributed by atoms with E-state index in [1.54, 1.807) is 0 Å². The summed E-state index contributed by atoms with van der Waals surface area (Å²) in [6.45, 7) is 1.89. The van der Waals surface area contributed by atoms with Crippen LogP contribution in [0.2, 0.25) is 0 Å². The summed E-state index contributed by atoms with van der Waals surface area (Å²) >= 11 is 0. The van der Waals surface area contributed by atoms with Gasteiger partial charge >= 0.3 is 12.0 Å². The highest BCUT2D eigenvalue weighted by molar-refractivity contribution is 5.82. The number of benzene rings is 1. The van der Waals surface area contributed by atoms with Gasteiger partial charge in [0.15, 0.2) is 0 Å². The summed E-state index contributed by atoms with van der Waals surface area (Å²) < 4.78 is 0. The Morgan fingerprint density at radius 3 is 2.65 bits per heavy atom. The Morgan fingerprint density at radius 2 is 2.05 bits per heavy atom. The number of nitrogens with one attached hydrogen (secondary N) is 2. The van der Waals surface area contributed by atoms with Crippen LogP contribution in [0, 0.1) is 0 Å². The third-order valence-electron chi connectivity index (χ3n) is 3.52. The number of hydrogen-bond acceptors (Lipinski definition) is 2. The van der Waals surface area contributed by atoms with Crippen molar-refractivity contribution in [3.63, 3.8) is 0 Å². The van der Waals surface area contributed by atoms with Gasteiger partial charge < -0.3 is 15.7 Å². The standard InChI is InChI=1S/C15H20N2O3/c1-2-6-12(14(18)19)16-15(20)17-13-9-11(13)10-7-4-3-5-8-10/h3-5,7-8,11-13H,2,6,9H2,1H3,(H,18,19)(H2,16,17,20). The molecule has 2 rings (SSSR count). The second-order valence-corrected chi connectivity index (χ2v) is 5.16. The zero-order valence-electron chi connectivity index (χ0n) is 11.5. The third-order valence-corrected chi connectivity index (χ3v) is 3.52. The zero-order chi connectivity index (χ0) is 14.5. The quantitative estimate of drug-likeness (QED) is 0.744. The van der Waals surface area contributed by atoms with Crippen molar-refractivity contribution in [3.05, 3.63) is 35.9 Å². The lowest BCUT2D eigenvalue weighted by molar-refractivity contribution is -0.139. The van der Waals surface area contributed by atoms with Gasteiger partial charge in [-0.15, -0.1) is 0 Å². The molecule has 3 N–H and O–H groups in total. The molecule has 3 unspecified atom stereocenters. The first kappa shape index (κ1) is 14.4.